The van der Waals surface area contributed by atoms with Crippen LogP contribution < -0.4 is 0 Å². The van der Waals surface area contributed by atoms with E-state index in [1.807, 2.05) is 0 Å². The number of ether oxygens (including phenoxy) is 4. The van der Waals surface area contributed by atoms with Crippen LogP contribution in [0.1, 0.15) is 51.9 Å². The third-order valence-electron chi connectivity index (χ3n) is 4.34. The van der Waals surface area contributed by atoms with Gasteiger partial charge in [-0.05, 0) is 39.0 Å². The number of carbonyl (C=O) groups is 2. The highest BCUT2D eigenvalue weighted by atomic mass is 32.1. The zero-order valence-corrected chi connectivity index (χ0v) is 18.8. The zero-order valence-electron chi connectivity index (χ0n) is 17.9. The van der Waals surface area contributed by atoms with Crippen molar-refractivity contribution in [1.29, 1.82) is 0 Å². The van der Waals surface area contributed by atoms with Crippen LogP contribution >= 0.6 is 12.6 Å². The number of halogens is 7. The smallest absolute Gasteiger partial charge is 0.461 e. The molecule has 0 heterocycles. The molecule has 0 amide bonds. The molecule has 1 N–H and O–H groups in total. The number of esters is 1. The van der Waals surface area contributed by atoms with Gasteiger partial charge in [-0.25, -0.2) is 9.59 Å². The maximum Gasteiger partial charge on any atom is 0.511 e. The summed E-state index contributed by atoms with van der Waals surface area (Å²) in [6, 6.07) is 0. The van der Waals surface area contributed by atoms with Gasteiger partial charge in [-0.15, -0.1) is 0 Å². The summed E-state index contributed by atoms with van der Waals surface area (Å²) in [4.78, 5) is 24.0. The van der Waals surface area contributed by atoms with Gasteiger partial charge in [0, 0.05) is 13.5 Å². The number of carbonyl (C=O) groups excluding carboxylic acids is 2. The molecule has 1 rings (SSSR count). The van der Waals surface area contributed by atoms with E-state index in [0.29, 0.717) is 25.7 Å². The second-order valence-corrected chi connectivity index (χ2v) is 7.32. The lowest BCUT2D eigenvalue weighted by Gasteiger charge is -2.32. The molecule has 196 valence electrons. The molecule has 1 unspecified atom stereocenters. The van der Waals surface area contributed by atoms with Crippen molar-refractivity contribution in [3.63, 3.8) is 0 Å². The second kappa shape index (κ2) is 13.4. The lowest BCUT2D eigenvalue weighted by atomic mass is 9.98. The molecule has 1 fully saturated rings. The first-order chi connectivity index (χ1) is 15.2. The Balaban J connectivity index is 0.00000497. The molecule has 0 aromatic heterocycles. The van der Waals surface area contributed by atoms with Gasteiger partial charge < -0.3 is 24.1 Å². The van der Waals surface area contributed by atoms with Gasteiger partial charge in [0.2, 0.25) is 0 Å². The summed E-state index contributed by atoms with van der Waals surface area (Å²) in [5.74, 6) is -11.1. The Morgan fingerprint density at radius 2 is 1.55 bits per heavy atom. The van der Waals surface area contributed by atoms with Gasteiger partial charge in [-0.3, -0.25) is 0 Å². The first kappa shape index (κ1) is 31.5. The molecule has 0 aromatic rings. The molecule has 0 aromatic carbocycles. The Kier molecular flexibility index (Phi) is 12.8. The van der Waals surface area contributed by atoms with Gasteiger partial charge in [-0.1, -0.05) is 19.0 Å². The molecule has 33 heavy (non-hydrogen) atoms. The molecule has 0 spiro atoms. The van der Waals surface area contributed by atoms with Crippen molar-refractivity contribution in [2.24, 2.45) is 0 Å². The fourth-order valence-corrected chi connectivity index (χ4v) is 2.84. The minimum Gasteiger partial charge on any atom is -0.461 e. The van der Waals surface area contributed by atoms with E-state index in [4.69, 9.17) is 9.84 Å². The quantitative estimate of drug-likeness (QED) is 0.140. The maximum absolute atomic E-state index is 13.7. The standard InChI is InChI=1S/C17H23F7O6S.CH4O/c1-2-27-12(25)15(16(20,21)22,28-10-6-9-14(18,19)17(23,24)31)30-13(26)29-11-7-4-3-5-8-11;1-2/h11,31H,2-10H2,1H3;2H,1H3. The van der Waals surface area contributed by atoms with Crippen LogP contribution in [-0.4, -0.2) is 66.8 Å². The molecule has 1 aliphatic carbocycles. The predicted molar refractivity (Wildman–Crippen MR) is 102 cm³/mol. The van der Waals surface area contributed by atoms with Crippen molar-refractivity contribution >= 4 is 24.8 Å². The van der Waals surface area contributed by atoms with Crippen LogP contribution in [0.3, 0.4) is 0 Å². The molecule has 1 saturated carbocycles. The van der Waals surface area contributed by atoms with Crippen molar-refractivity contribution in [2.75, 3.05) is 20.3 Å². The highest BCUT2D eigenvalue weighted by molar-refractivity contribution is 7.81. The van der Waals surface area contributed by atoms with Gasteiger partial charge >= 0.3 is 35.3 Å². The monoisotopic (exact) mass is 520 g/mol. The van der Waals surface area contributed by atoms with Gasteiger partial charge in [-0.2, -0.15) is 30.7 Å². The molecule has 0 aliphatic heterocycles. The summed E-state index contributed by atoms with van der Waals surface area (Å²) in [7, 11) is 1.00. The van der Waals surface area contributed by atoms with Crippen LogP contribution in [0.5, 0.6) is 0 Å². The zero-order chi connectivity index (χ0) is 25.9. The molecule has 15 heteroatoms. The van der Waals surface area contributed by atoms with Crippen molar-refractivity contribution in [1.82, 2.24) is 0 Å². The number of hydrogen-bond acceptors (Lipinski definition) is 8. The normalized spacial score (nSPS) is 17.3. The fraction of sp³-hybridized carbons (Fsp3) is 0.889. The Hall–Kier alpha value is -1.48. The minimum absolute atomic E-state index is 0.376. The van der Waals surface area contributed by atoms with Crippen LogP contribution in [-0.2, 0) is 23.7 Å². The van der Waals surface area contributed by atoms with Crippen molar-refractivity contribution < 1.29 is 64.4 Å². The number of aliphatic hydroxyl groups excluding tert-OH is 1. The molecule has 0 radical (unpaired) electrons. The molecule has 0 saturated heterocycles. The largest absolute Gasteiger partial charge is 0.511 e. The number of aliphatic hydroxyl groups is 1. The van der Waals surface area contributed by atoms with Gasteiger partial charge in [0.15, 0.2) is 0 Å². The average Bonchev–Trinajstić information content (AvgIpc) is 2.71. The molecule has 7 nitrogen and oxygen atoms in total. The van der Waals surface area contributed by atoms with Crippen molar-refractivity contribution in [2.45, 2.75) is 81.1 Å². The van der Waals surface area contributed by atoms with E-state index >= 15 is 0 Å². The van der Waals surface area contributed by atoms with Crippen molar-refractivity contribution in [3.05, 3.63) is 0 Å². The molecule has 1 aliphatic rings. The van der Waals surface area contributed by atoms with Crippen LogP contribution in [0.15, 0.2) is 0 Å². The Bertz CT molecular complexity index is 608. The average molecular weight is 520 g/mol. The number of hydrogen-bond donors (Lipinski definition) is 2. The molecule has 0 bridgehead atoms. The molecule has 1 atom stereocenters. The van der Waals surface area contributed by atoms with E-state index in [1.165, 1.54) is 0 Å². The second-order valence-electron chi connectivity index (χ2n) is 6.76. The van der Waals surface area contributed by atoms with E-state index in [2.05, 4.69) is 26.8 Å². The van der Waals surface area contributed by atoms with E-state index in [0.717, 1.165) is 20.5 Å². The fourth-order valence-electron chi connectivity index (χ4n) is 2.73. The van der Waals surface area contributed by atoms with Crippen LogP contribution in [0.4, 0.5) is 35.5 Å². The highest BCUT2D eigenvalue weighted by Gasteiger charge is 2.68. The summed E-state index contributed by atoms with van der Waals surface area (Å²) in [6.45, 7) is -0.700. The first-order valence-corrected chi connectivity index (χ1v) is 10.3. The summed E-state index contributed by atoms with van der Waals surface area (Å²) in [5.41, 5.74) is 0. The minimum atomic E-state index is -5.69. The van der Waals surface area contributed by atoms with E-state index in [9.17, 15) is 40.3 Å². The number of thiol groups is 1. The van der Waals surface area contributed by atoms with Gasteiger partial charge in [0.05, 0.1) is 13.2 Å². The predicted octanol–water partition coefficient (Wildman–Crippen LogP) is 4.86. The van der Waals surface area contributed by atoms with E-state index in [-0.39, 0.29) is 0 Å². The maximum atomic E-state index is 13.7. The van der Waals surface area contributed by atoms with Crippen LogP contribution in [0.2, 0.25) is 0 Å². The topological polar surface area (TPSA) is 91.3 Å². The van der Waals surface area contributed by atoms with Crippen LogP contribution in [0.25, 0.3) is 0 Å². The van der Waals surface area contributed by atoms with Gasteiger partial charge in [0.25, 0.3) is 0 Å². The Morgan fingerprint density at radius 3 is 2.00 bits per heavy atom. The SMILES string of the molecule is CCOC(=O)C(OCCCC(F)(F)C(F)(F)S)(OC(=O)OC1CCCCC1)C(F)(F)F.CO. The number of alkyl halides is 7. The lowest BCUT2D eigenvalue weighted by Crippen LogP contribution is -2.58. The molecular formula is C18H27F7O7S. The summed E-state index contributed by atoms with van der Waals surface area (Å²) < 4.78 is 111. The first-order valence-electron chi connectivity index (χ1n) is 9.86. The summed E-state index contributed by atoms with van der Waals surface area (Å²) in [5, 5.41) is 2.27. The van der Waals surface area contributed by atoms with E-state index in [1.54, 1.807) is 0 Å². The Morgan fingerprint density at radius 1 is 1.00 bits per heavy atom. The third-order valence-corrected chi connectivity index (χ3v) is 4.67. The van der Waals surface area contributed by atoms with E-state index < -0.39 is 67.4 Å². The number of rotatable bonds is 10. The summed E-state index contributed by atoms with van der Waals surface area (Å²) >= 11 is 2.44. The highest BCUT2D eigenvalue weighted by Crippen LogP contribution is 2.41. The van der Waals surface area contributed by atoms with Gasteiger partial charge in [0.1, 0.15) is 6.10 Å². The van der Waals surface area contributed by atoms with Crippen LogP contribution in [0, 0.1) is 0 Å². The lowest BCUT2D eigenvalue weighted by molar-refractivity contribution is -0.354. The third kappa shape index (κ3) is 9.35. The molecular weight excluding hydrogens is 493 g/mol. The summed E-state index contributed by atoms with van der Waals surface area (Å²) in [6.07, 6.45) is -8.03. The van der Waals surface area contributed by atoms with Crippen molar-refractivity contribution in [3.8, 4) is 0 Å². The Labute approximate surface area is 191 Å².